The smallest absolute Gasteiger partial charge is 0.322 e. The van der Waals surface area contributed by atoms with Crippen molar-refractivity contribution in [2.45, 2.75) is 26.8 Å². The number of ether oxygens (including phenoxy) is 1. The summed E-state index contributed by atoms with van der Waals surface area (Å²) in [6.45, 7) is 7.63. The molecule has 0 radical (unpaired) electrons. The molecule has 0 fully saturated rings. The maximum atomic E-state index is 12.6. The van der Waals surface area contributed by atoms with Crippen LogP contribution >= 0.6 is 0 Å². The fourth-order valence-electron chi connectivity index (χ4n) is 2.84. The molecule has 0 aromatic heterocycles. The second kappa shape index (κ2) is 8.67. The lowest BCUT2D eigenvalue weighted by Gasteiger charge is -2.28. The van der Waals surface area contributed by atoms with Crippen LogP contribution in [-0.2, 0) is 4.74 Å². The standard InChI is InChI=1S/C19H27N3O3/c1-13(2)17-6-5-10-22(17)19(24)21-16-8-7-15(12-14(16)3)18(23)20-9-11-25-4/h5-8,12-13,17H,9-11H2,1-4H3,(H,20,23)(H,21,24). The number of methoxy groups -OCH3 is 1. The van der Waals surface area contributed by atoms with Gasteiger partial charge in [0.15, 0.2) is 0 Å². The molecule has 1 heterocycles. The van der Waals surface area contributed by atoms with Gasteiger partial charge in [-0.05, 0) is 36.6 Å². The van der Waals surface area contributed by atoms with E-state index in [-0.39, 0.29) is 18.0 Å². The van der Waals surface area contributed by atoms with Crippen LogP contribution in [0.5, 0.6) is 0 Å². The van der Waals surface area contributed by atoms with Crippen molar-refractivity contribution in [1.82, 2.24) is 10.2 Å². The molecular weight excluding hydrogens is 318 g/mol. The molecule has 0 aliphatic carbocycles. The first kappa shape index (κ1) is 19.0. The summed E-state index contributed by atoms with van der Waals surface area (Å²) in [5.74, 6) is 0.213. The van der Waals surface area contributed by atoms with Crippen LogP contribution in [0.25, 0.3) is 0 Å². The van der Waals surface area contributed by atoms with E-state index in [1.165, 1.54) is 0 Å². The van der Waals surface area contributed by atoms with Crippen molar-refractivity contribution in [2.75, 3.05) is 32.1 Å². The molecule has 1 unspecified atom stereocenters. The molecule has 0 spiro atoms. The molecule has 1 aromatic rings. The Morgan fingerprint density at radius 1 is 1.36 bits per heavy atom. The molecule has 1 aromatic carbocycles. The lowest BCUT2D eigenvalue weighted by Crippen LogP contribution is -2.41. The number of hydrogen-bond acceptors (Lipinski definition) is 3. The fraction of sp³-hybridized carbons (Fsp3) is 0.474. The van der Waals surface area contributed by atoms with Gasteiger partial charge >= 0.3 is 6.03 Å². The van der Waals surface area contributed by atoms with Crippen LogP contribution in [0.4, 0.5) is 10.5 Å². The van der Waals surface area contributed by atoms with Gasteiger partial charge in [-0.1, -0.05) is 26.0 Å². The number of anilines is 1. The Labute approximate surface area is 149 Å². The van der Waals surface area contributed by atoms with Crippen molar-refractivity contribution in [2.24, 2.45) is 5.92 Å². The Morgan fingerprint density at radius 3 is 2.76 bits per heavy atom. The van der Waals surface area contributed by atoms with Crippen molar-refractivity contribution >= 4 is 17.6 Å². The molecule has 0 saturated carbocycles. The van der Waals surface area contributed by atoms with Crippen LogP contribution < -0.4 is 10.6 Å². The van der Waals surface area contributed by atoms with E-state index in [4.69, 9.17) is 4.74 Å². The maximum Gasteiger partial charge on any atom is 0.322 e. The quantitative estimate of drug-likeness (QED) is 0.615. The monoisotopic (exact) mass is 345 g/mol. The van der Waals surface area contributed by atoms with Gasteiger partial charge in [0.25, 0.3) is 5.91 Å². The Morgan fingerprint density at radius 2 is 2.12 bits per heavy atom. The highest BCUT2D eigenvalue weighted by Gasteiger charge is 2.27. The highest BCUT2D eigenvalue weighted by molar-refractivity contribution is 5.96. The number of aryl methyl sites for hydroxylation is 1. The summed E-state index contributed by atoms with van der Waals surface area (Å²) in [6, 6.07) is 5.26. The van der Waals surface area contributed by atoms with E-state index in [1.54, 1.807) is 25.3 Å². The average Bonchev–Trinajstić information content (AvgIpc) is 3.07. The van der Waals surface area contributed by atoms with E-state index >= 15 is 0 Å². The number of carbonyl (C=O) groups excluding carboxylic acids is 2. The number of nitrogens with one attached hydrogen (secondary N) is 2. The molecule has 136 valence electrons. The zero-order chi connectivity index (χ0) is 18.4. The van der Waals surface area contributed by atoms with E-state index in [9.17, 15) is 9.59 Å². The first-order valence-corrected chi connectivity index (χ1v) is 8.56. The first-order chi connectivity index (χ1) is 11.9. The molecule has 0 saturated heterocycles. The zero-order valence-electron chi connectivity index (χ0n) is 15.3. The topological polar surface area (TPSA) is 70.7 Å². The molecule has 6 heteroatoms. The van der Waals surface area contributed by atoms with Gasteiger partial charge in [-0.2, -0.15) is 0 Å². The average molecular weight is 345 g/mol. The molecule has 6 nitrogen and oxygen atoms in total. The number of amides is 3. The first-order valence-electron chi connectivity index (χ1n) is 8.56. The summed E-state index contributed by atoms with van der Waals surface area (Å²) in [6.07, 6.45) is 4.09. The van der Waals surface area contributed by atoms with E-state index in [0.29, 0.717) is 36.9 Å². The van der Waals surface area contributed by atoms with Gasteiger partial charge in [-0.25, -0.2) is 4.79 Å². The van der Waals surface area contributed by atoms with Crippen LogP contribution in [0.15, 0.2) is 30.4 Å². The zero-order valence-corrected chi connectivity index (χ0v) is 15.3. The van der Waals surface area contributed by atoms with Gasteiger partial charge in [0.05, 0.1) is 12.6 Å². The number of hydrogen-bond donors (Lipinski definition) is 2. The second-order valence-corrected chi connectivity index (χ2v) is 6.52. The van der Waals surface area contributed by atoms with E-state index < -0.39 is 0 Å². The minimum absolute atomic E-state index is 0.117. The largest absolute Gasteiger partial charge is 0.383 e. The third kappa shape index (κ3) is 4.82. The van der Waals surface area contributed by atoms with Crippen LogP contribution in [0.2, 0.25) is 0 Å². The van der Waals surface area contributed by atoms with Gasteiger partial charge in [0.2, 0.25) is 0 Å². The summed E-state index contributed by atoms with van der Waals surface area (Å²) in [4.78, 5) is 26.4. The number of carbonyl (C=O) groups is 2. The van der Waals surface area contributed by atoms with Crippen molar-refractivity contribution in [3.8, 4) is 0 Å². The van der Waals surface area contributed by atoms with Crippen LogP contribution in [0.3, 0.4) is 0 Å². The lowest BCUT2D eigenvalue weighted by molar-refractivity contribution is 0.0937. The van der Waals surface area contributed by atoms with Gasteiger partial charge < -0.3 is 20.3 Å². The van der Waals surface area contributed by atoms with Crippen molar-refractivity contribution in [3.63, 3.8) is 0 Å². The molecule has 2 rings (SSSR count). The maximum absolute atomic E-state index is 12.6. The summed E-state index contributed by atoms with van der Waals surface area (Å²) < 4.78 is 4.92. The predicted octanol–water partition coefficient (Wildman–Crippen LogP) is 2.80. The minimum atomic E-state index is -0.151. The van der Waals surface area contributed by atoms with Crippen molar-refractivity contribution in [3.05, 3.63) is 41.5 Å². The normalized spacial score (nSPS) is 16.4. The van der Waals surface area contributed by atoms with Gasteiger partial charge in [-0.3, -0.25) is 4.79 Å². The van der Waals surface area contributed by atoms with E-state index in [0.717, 1.165) is 5.56 Å². The molecular formula is C19H27N3O3. The molecule has 1 atom stereocenters. The molecule has 0 bridgehead atoms. The van der Waals surface area contributed by atoms with E-state index in [1.807, 2.05) is 17.9 Å². The Bertz CT molecular complexity index is 655. The van der Waals surface area contributed by atoms with Crippen LogP contribution in [-0.4, -0.2) is 49.7 Å². The molecule has 1 aliphatic heterocycles. The molecule has 25 heavy (non-hydrogen) atoms. The summed E-state index contributed by atoms with van der Waals surface area (Å²) in [5, 5.41) is 5.73. The van der Waals surface area contributed by atoms with Gasteiger partial charge in [-0.15, -0.1) is 0 Å². The Balaban J connectivity index is 2.01. The van der Waals surface area contributed by atoms with Crippen LogP contribution in [0.1, 0.15) is 29.8 Å². The predicted molar refractivity (Wildman–Crippen MR) is 98.9 cm³/mol. The van der Waals surface area contributed by atoms with Crippen molar-refractivity contribution < 1.29 is 14.3 Å². The van der Waals surface area contributed by atoms with Crippen molar-refractivity contribution in [1.29, 1.82) is 0 Å². The highest BCUT2D eigenvalue weighted by Crippen LogP contribution is 2.21. The number of nitrogens with zero attached hydrogens (tertiary/aromatic N) is 1. The Hall–Kier alpha value is -2.34. The highest BCUT2D eigenvalue weighted by atomic mass is 16.5. The van der Waals surface area contributed by atoms with E-state index in [2.05, 4.69) is 30.6 Å². The Kier molecular flexibility index (Phi) is 6.58. The molecule has 2 N–H and O–H groups in total. The third-order valence-electron chi connectivity index (χ3n) is 4.26. The summed E-state index contributed by atoms with van der Waals surface area (Å²) in [7, 11) is 1.59. The number of rotatable bonds is 6. The molecule has 1 aliphatic rings. The van der Waals surface area contributed by atoms with Gasteiger partial charge in [0, 0.05) is 31.5 Å². The fourth-order valence-corrected chi connectivity index (χ4v) is 2.84. The lowest BCUT2D eigenvalue weighted by atomic mass is 10.1. The number of urea groups is 1. The van der Waals surface area contributed by atoms with Gasteiger partial charge in [0.1, 0.15) is 0 Å². The minimum Gasteiger partial charge on any atom is -0.383 e. The molecule has 3 amide bonds. The van der Waals surface area contributed by atoms with Crippen LogP contribution in [0, 0.1) is 12.8 Å². The number of benzene rings is 1. The summed E-state index contributed by atoms with van der Waals surface area (Å²) >= 11 is 0. The SMILES string of the molecule is COCCNC(=O)c1ccc(NC(=O)N2CC=CC2C(C)C)c(C)c1. The summed E-state index contributed by atoms with van der Waals surface area (Å²) in [5.41, 5.74) is 2.13. The second-order valence-electron chi connectivity index (χ2n) is 6.52. The third-order valence-corrected chi connectivity index (χ3v) is 4.26.